The van der Waals surface area contributed by atoms with E-state index in [0.29, 0.717) is 22.0 Å². The van der Waals surface area contributed by atoms with Crippen LogP contribution in [0.5, 0.6) is 5.75 Å². The number of hydrogen-bond acceptors (Lipinski definition) is 5. The smallest absolute Gasteiger partial charge is 0.412 e. The average molecular weight is 435 g/mol. The second-order valence-electron chi connectivity index (χ2n) is 7.15. The van der Waals surface area contributed by atoms with E-state index in [4.69, 9.17) is 14.6 Å². The van der Waals surface area contributed by atoms with Crippen molar-refractivity contribution in [2.75, 3.05) is 11.9 Å². The van der Waals surface area contributed by atoms with E-state index in [1.165, 1.54) is 12.1 Å². The molecule has 166 valence electrons. The number of aromatic hydroxyl groups is 1. The van der Waals surface area contributed by atoms with E-state index in [9.17, 15) is 14.7 Å². The average Bonchev–Trinajstić information content (AvgIpc) is 2.77. The van der Waals surface area contributed by atoms with E-state index in [2.05, 4.69) is 5.32 Å². The Morgan fingerprint density at radius 3 is 2.38 bits per heavy atom. The molecule has 7 nitrogen and oxygen atoms in total. The summed E-state index contributed by atoms with van der Waals surface area (Å²) in [5.74, 6) is -1.06. The zero-order valence-corrected chi connectivity index (χ0v) is 17.8. The fourth-order valence-electron chi connectivity index (χ4n) is 3.38. The molecule has 0 aromatic heterocycles. The first-order valence-electron chi connectivity index (χ1n) is 10.2. The van der Waals surface area contributed by atoms with Crippen molar-refractivity contribution in [3.63, 3.8) is 0 Å². The first-order valence-corrected chi connectivity index (χ1v) is 10.2. The molecule has 1 amide bonds. The van der Waals surface area contributed by atoms with Crippen LogP contribution in [0.2, 0.25) is 0 Å². The molecule has 0 fully saturated rings. The lowest BCUT2D eigenvalue weighted by Gasteiger charge is -2.26. The Morgan fingerprint density at radius 2 is 1.72 bits per heavy atom. The molecule has 3 aromatic carbocycles. The Morgan fingerprint density at radius 1 is 1.03 bits per heavy atom. The Balaban J connectivity index is 2.01. The number of amides is 1. The Bertz CT molecular complexity index is 1120. The molecule has 0 saturated carbocycles. The van der Waals surface area contributed by atoms with Gasteiger partial charge in [0.25, 0.3) is 0 Å². The van der Waals surface area contributed by atoms with Crippen LogP contribution in [-0.4, -0.2) is 35.0 Å². The molecule has 7 heteroatoms. The summed E-state index contributed by atoms with van der Waals surface area (Å²) in [7, 11) is 0. The number of fused-ring (bicyclic) bond motifs is 1. The summed E-state index contributed by atoms with van der Waals surface area (Å²) in [5.41, 5.74) is 2.18. The minimum Gasteiger partial charge on any atom is -0.507 e. The molecular weight excluding hydrogens is 410 g/mol. The standard InChI is InChI=1S/C25H25NO6/c1-3-31-22(14-15-23(28)29)24(32-25(30)26-17-10-8-16(2)9-11-17)20-12-13-21(27)19-7-5-4-6-18(19)20/h4-15,22,24,27H,3H2,1-2H3,(H,26,30)(H,28,29)/b15-14+/t22-,24-/m0/s1. The van der Waals surface area contributed by atoms with Crippen LogP contribution in [0.15, 0.2) is 72.8 Å². The number of nitrogens with one attached hydrogen (secondary N) is 1. The van der Waals surface area contributed by atoms with Gasteiger partial charge >= 0.3 is 12.1 Å². The number of aliphatic carboxylic acids is 1. The number of ether oxygens (including phenoxy) is 2. The SMILES string of the molecule is CCO[C@@H](/C=C/C(=O)O)[C@@H](OC(=O)Nc1ccc(C)cc1)c1ccc(O)c2ccccc12. The van der Waals surface area contributed by atoms with Crippen LogP contribution in [-0.2, 0) is 14.3 Å². The molecule has 32 heavy (non-hydrogen) atoms. The second kappa shape index (κ2) is 10.5. The summed E-state index contributed by atoms with van der Waals surface area (Å²) in [6.45, 7) is 3.97. The van der Waals surface area contributed by atoms with Gasteiger partial charge in [-0.25, -0.2) is 9.59 Å². The van der Waals surface area contributed by atoms with E-state index >= 15 is 0 Å². The van der Waals surface area contributed by atoms with Crippen LogP contribution in [0.25, 0.3) is 10.8 Å². The lowest BCUT2D eigenvalue weighted by Crippen LogP contribution is -2.28. The van der Waals surface area contributed by atoms with Crippen molar-refractivity contribution in [2.24, 2.45) is 0 Å². The first kappa shape index (κ1) is 22.8. The van der Waals surface area contributed by atoms with Gasteiger partial charge in [-0.2, -0.15) is 0 Å². The Hall–Kier alpha value is -3.84. The number of phenolic OH excluding ortho intramolecular Hbond substituents is 1. The van der Waals surface area contributed by atoms with Crippen molar-refractivity contribution in [3.05, 3.63) is 83.9 Å². The summed E-state index contributed by atoms with van der Waals surface area (Å²) in [4.78, 5) is 23.9. The topological polar surface area (TPSA) is 105 Å². The van der Waals surface area contributed by atoms with E-state index in [1.807, 2.05) is 19.1 Å². The Kier molecular flexibility index (Phi) is 7.46. The van der Waals surface area contributed by atoms with Crippen LogP contribution >= 0.6 is 0 Å². The molecule has 0 heterocycles. The number of anilines is 1. The molecule has 0 radical (unpaired) electrons. The number of aryl methyl sites for hydroxylation is 1. The largest absolute Gasteiger partial charge is 0.507 e. The van der Waals surface area contributed by atoms with E-state index in [1.54, 1.807) is 49.4 Å². The lowest BCUT2D eigenvalue weighted by molar-refractivity contribution is -0.131. The van der Waals surface area contributed by atoms with Crippen LogP contribution in [0.3, 0.4) is 0 Å². The van der Waals surface area contributed by atoms with Gasteiger partial charge in [-0.1, -0.05) is 48.0 Å². The molecule has 0 aliphatic carbocycles. The Labute approximate surface area is 185 Å². The van der Waals surface area contributed by atoms with E-state index < -0.39 is 24.3 Å². The third kappa shape index (κ3) is 5.65. The highest BCUT2D eigenvalue weighted by molar-refractivity contribution is 5.92. The molecule has 0 spiro atoms. The molecular formula is C25H25NO6. The summed E-state index contributed by atoms with van der Waals surface area (Å²) < 4.78 is 11.5. The molecule has 2 atom stereocenters. The number of hydrogen-bond donors (Lipinski definition) is 3. The predicted molar refractivity (Wildman–Crippen MR) is 122 cm³/mol. The number of carboxylic acids is 1. The van der Waals surface area contributed by atoms with Gasteiger partial charge in [-0.3, -0.25) is 5.32 Å². The molecule has 0 saturated heterocycles. The maximum Gasteiger partial charge on any atom is 0.412 e. The molecule has 3 rings (SSSR count). The predicted octanol–water partition coefficient (Wildman–Crippen LogP) is 5.19. The third-order valence-electron chi connectivity index (χ3n) is 4.86. The normalized spacial score (nSPS) is 13.1. The maximum atomic E-state index is 12.8. The fourth-order valence-corrected chi connectivity index (χ4v) is 3.38. The highest BCUT2D eigenvalue weighted by Crippen LogP contribution is 2.35. The molecule has 3 aromatic rings. The van der Waals surface area contributed by atoms with E-state index in [0.717, 1.165) is 11.6 Å². The van der Waals surface area contributed by atoms with Gasteiger partial charge in [0.1, 0.15) is 11.9 Å². The van der Waals surface area contributed by atoms with E-state index in [-0.39, 0.29) is 12.4 Å². The number of phenols is 1. The zero-order valence-electron chi connectivity index (χ0n) is 17.8. The molecule has 0 aliphatic rings. The fraction of sp³-hybridized carbons (Fsp3) is 0.200. The molecule has 3 N–H and O–H groups in total. The number of carbonyl (C=O) groups excluding carboxylic acids is 1. The zero-order chi connectivity index (χ0) is 23.1. The van der Waals surface area contributed by atoms with Gasteiger partial charge in [0.15, 0.2) is 6.10 Å². The summed E-state index contributed by atoms with van der Waals surface area (Å²) in [6.07, 6.45) is -0.257. The van der Waals surface area contributed by atoms with Gasteiger partial charge in [0.2, 0.25) is 0 Å². The molecule has 0 aliphatic heterocycles. The number of carboxylic acid groups (broad SMARTS) is 1. The number of rotatable bonds is 8. The minimum atomic E-state index is -1.15. The number of carbonyl (C=O) groups is 2. The third-order valence-corrected chi connectivity index (χ3v) is 4.86. The van der Waals surface area contributed by atoms with Crippen LogP contribution in [0.4, 0.5) is 10.5 Å². The maximum absolute atomic E-state index is 12.8. The minimum absolute atomic E-state index is 0.0845. The lowest BCUT2D eigenvalue weighted by atomic mass is 9.96. The van der Waals surface area contributed by atoms with Gasteiger partial charge in [0.05, 0.1) is 0 Å². The van der Waals surface area contributed by atoms with Crippen LogP contribution in [0.1, 0.15) is 24.2 Å². The molecule has 0 bridgehead atoms. The van der Waals surface area contributed by atoms with Crippen molar-refractivity contribution in [1.82, 2.24) is 0 Å². The second-order valence-corrected chi connectivity index (χ2v) is 7.15. The quantitative estimate of drug-likeness (QED) is 0.421. The van der Waals surface area contributed by atoms with Gasteiger partial charge < -0.3 is 19.7 Å². The van der Waals surface area contributed by atoms with Crippen LogP contribution in [0, 0.1) is 6.92 Å². The highest BCUT2D eigenvalue weighted by atomic mass is 16.6. The van der Waals surface area contributed by atoms with Crippen molar-refractivity contribution >= 4 is 28.5 Å². The van der Waals surface area contributed by atoms with Crippen molar-refractivity contribution in [3.8, 4) is 5.75 Å². The summed E-state index contributed by atoms with van der Waals surface area (Å²) >= 11 is 0. The highest BCUT2D eigenvalue weighted by Gasteiger charge is 2.28. The van der Waals surface area contributed by atoms with Gasteiger partial charge in [-0.05, 0) is 43.5 Å². The van der Waals surface area contributed by atoms with Crippen molar-refractivity contribution < 1.29 is 29.3 Å². The number of benzene rings is 3. The first-order chi connectivity index (χ1) is 15.4. The van der Waals surface area contributed by atoms with Gasteiger partial charge in [-0.15, -0.1) is 0 Å². The van der Waals surface area contributed by atoms with Crippen molar-refractivity contribution in [1.29, 1.82) is 0 Å². The monoisotopic (exact) mass is 435 g/mol. The van der Waals surface area contributed by atoms with Crippen LogP contribution < -0.4 is 5.32 Å². The summed E-state index contributed by atoms with van der Waals surface area (Å²) in [5, 5.41) is 23.3. The van der Waals surface area contributed by atoms with Crippen molar-refractivity contribution in [2.45, 2.75) is 26.1 Å². The molecule has 0 unspecified atom stereocenters. The summed E-state index contributed by atoms with van der Waals surface area (Å²) in [6, 6.07) is 17.5. The van der Waals surface area contributed by atoms with Gasteiger partial charge in [0, 0.05) is 29.3 Å².